The third kappa shape index (κ3) is 3.00. The van der Waals surface area contributed by atoms with Gasteiger partial charge >= 0.3 is 0 Å². The number of pyridine rings is 1. The highest BCUT2D eigenvalue weighted by atomic mass is 16.5. The van der Waals surface area contributed by atoms with Crippen molar-refractivity contribution in [3.05, 3.63) is 42.8 Å². The Morgan fingerprint density at radius 3 is 3.00 bits per heavy atom. The Morgan fingerprint density at radius 1 is 1.32 bits per heavy atom. The summed E-state index contributed by atoms with van der Waals surface area (Å²) in [4.78, 5) is 16.5. The highest BCUT2D eigenvalue weighted by Gasteiger charge is 2.16. The molecule has 0 saturated carbocycles. The van der Waals surface area contributed by atoms with Crippen LogP contribution in [0.15, 0.2) is 41.4 Å². The standard InChI is InChI=1S/C14H14N6O2/c1-9(18-11-6-12(21-2)17-8-16-11)14-19-13(20-22-14)10-4-3-5-15-7-10/h3-9H,1-2H3,(H,16,17,18). The summed E-state index contributed by atoms with van der Waals surface area (Å²) in [6.45, 7) is 1.90. The van der Waals surface area contributed by atoms with Crippen LogP contribution < -0.4 is 10.1 Å². The van der Waals surface area contributed by atoms with Crippen LogP contribution in [0.1, 0.15) is 18.9 Å². The van der Waals surface area contributed by atoms with Crippen molar-refractivity contribution in [2.75, 3.05) is 12.4 Å². The van der Waals surface area contributed by atoms with E-state index in [-0.39, 0.29) is 6.04 Å². The van der Waals surface area contributed by atoms with Crippen molar-refractivity contribution in [1.29, 1.82) is 0 Å². The van der Waals surface area contributed by atoms with Gasteiger partial charge in [-0.3, -0.25) is 4.98 Å². The Morgan fingerprint density at radius 2 is 2.23 bits per heavy atom. The fourth-order valence-electron chi connectivity index (χ4n) is 1.84. The molecule has 1 atom stereocenters. The molecule has 22 heavy (non-hydrogen) atoms. The lowest BCUT2D eigenvalue weighted by atomic mass is 10.3. The van der Waals surface area contributed by atoms with Gasteiger partial charge in [-0.15, -0.1) is 0 Å². The van der Waals surface area contributed by atoms with Gasteiger partial charge in [-0.2, -0.15) is 4.98 Å². The van der Waals surface area contributed by atoms with E-state index in [4.69, 9.17) is 9.26 Å². The summed E-state index contributed by atoms with van der Waals surface area (Å²) in [6, 6.07) is 5.17. The van der Waals surface area contributed by atoms with Crippen molar-refractivity contribution >= 4 is 5.82 Å². The summed E-state index contributed by atoms with van der Waals surface area (Å²) < 4.78 is 10.3. The predicted octanol–water partition coefficient (Wildman–Crippen LogP) is 2.10. The third-order valence-corrected chi connectivity index (χ3v) is 2.95. The van der Waals surface area contributed by atoms with Gasteiger partial charge in [-0.25, -0.2) is 9.97 Å². The summed E-state index contributed by atoms with van der Waals surface area (Å²) in [7, 11) is 1.55. The molecular formula is C14H14N6O2. The first kappa shape index (κ1) is 13.9. The van der Waals surface area contributed by atoms with Crippen LogP contribution in [0.5, 0.6) is 5.88 Å². The molecule has 0 aliphatic heterocycles. The number of ether oxygens (including phenoxy) is 1. The molecule has 3 aromatic heterocycles. The first-order chi connectivity index (χ1) is 10.8. The Labute approximate surface area is 126 Å². The van der Waals surface area contributed by atoms with Gasteiger partial charge in [0.2, 0.25) is 17.6 Å². The Bertz CT molecular complexity index is 746. The number of rotatable bonds is 5. The van der Waals surface area contributed by atoms with Crippen LogP contribution >= 0.6 is 0 Å². The lowest BCUT2D eigenvalue weighted by molar-refractivity contribution is 0.367. The smallest absolute Gasteiger partial charge is 0.249 e. The molecule has 0 spiro atoms. The fraction of sp³-hybridized carbons (Fsp3) is 0.214. The molecule has 0 bridgehead atoms. The molecule has 0 aromatic carbocycles. The summed E-state index contributed by atoms with van der Waals surface area (Å²) in [6.07, 6.45) is 4.79. The molecule has 3 rings (SSSR count). The molecule has 0 aliphatic rings. The molecule has 112 valence electrons. The van der Waals surface area contributed by atoms with Crippen molar-refractivity contribution in [2.24, 2.45) is 0 Å². The number of hydrogen-bond donors (Lipinski definition) is 1. The second kappa shape index (κ2) is 6.17. The molecule has 3 aromatic rings. The topological polar surface area (TPSA) is 98.8 Å². The second-order valence-electron chi connectivity index (χ2n) is 4.51. The van der Waals surface area contributed by atoms with Crippen LogP contribution in [0.3, 0.4) is 0 Å². The van der Waals surface area contributed by atoms with Crippen molar-refractivity contribution in [3.63, 3.8) is 0 Å². The summed E-state index contributed by atoms with van der Waals surface area (Å²) in [5, 5.41) is 7.11. The highest BCUT2D eigenvalue weighted by Crippen LogP contribution is 2.21. The van der Waals surface area contributed by atoms with Crippen molar-refractivity contribution in [2.45, 2.75) is 13.0 Å². The van der Waals surface area contributed by atoms with Gasteiger partial charge < -0.3 is 14.6 Å². The minimum Gasteiger partial charge on any atom is -0.481 e. The van der Waals surface area contributed by atoms with Crippen molar-refractivity contribution < 1.29 is 9.26 Å². The van der Waals surface area contributed by atoms with E-state index in [0.717, 1.165) is 5.56 Å². The molecule has 1 unspecified atom stereocenters. The summed E-state index contributed by atoms with van der Waals surface area (Å²) in [5.41, 5.74) is 0.799. The Hall–Kier alpha value is -3.03. The summed E-state index contributed by atoms with van der Waals surface area (Å²) >= 11 is 0. The number of aromatic nitrogens is 5. The molecule has 8 nitrogen and oxygen atoms in total. The lowest BCUT2D eigenvalue weighted by Gasteiger charge is -2.10. The van der Waals surface area contributed by atoms with Crippen LogP contribution in [-0.2, 0) is 0 Å². The SMILES string of the molecule is COc1cc(NC(C)c2nc(-c3cccnc3)no2)ncn1. The van der Waals surface area contributed by atoms with Gasteiger partial charge in [0.1, 0.15) is 18.2 Å². The normalized spacial score (nSPS) is 11.9. The van der Waals surface area contributed by atoms with Gasteiger partial charge in [-0.1, -0.05) is 5.16 Å². The van der Waals surface area contributed by atoms with E-state index in [1.165, 1.54) is 6.33 Å². The molecule has 0 fully saturated rings. The molecule has 8 heteroatoms. The zero-order valence-electron chi connectivity index (χ0n) is 12.1. The number of hydrogen-bond acceptors (Lipinski definition) is 8. The largest absolute Gasteiger partial charge is 0.481 e. The molecule has 1 N–H and O–H groups in total. The average Bonchev–Trinajstić information content (AvgIpc) is 3.06. The first-order valence-corrected chi connectivity index (χ1v) is 6.63. The van der Waals surface area contributed by atoms with Crippen LogP contribution in [0.2, 0.25) is 0 Å². The molecule has 0 aliphatic carbocycles. The van der Waals surface area contributed by atoms with E-state index in [1.807, 2.05) is 19.1 Å². The molecular weight excluding hydrogens is 284 g/mol. The number of methoxy groups -OCH3 is 1. The number of nitrogens with one attached hydrogen (secondary N) is 1. The molecule has 0 saturated heterocycles. The third-order valence-electron chi connectivity index (χ3n) is 2.95. The van der Waals surface area contributed by atoms with E-state index < -0.39 is 0 Å². The van der Waals surface area contributed by atoms with Gasteiger partial charge in [0.15, 0.2) is 0 Å². The van der Waals surface area contributed by atoms with Gasteiger partial charge in [0, 0.05) is 24.0 Å². The van der Waals surface area contributed by atoms with Crippen molar-refractivity contribution in [1.82, 2.24) is 25.1 Å². The maximum absolute atomic E-state index is 5.28. The number of anilines is 1. The van der Waals surface area contributed by atoms with E-state index in [2.05, 4.69) is 30.4 Å². The molecule has 0 radical (unpaired) electrons. The monoisotopic (exact) mass is 298 g/mol. The second-order valence-corrected chi connectivity index (χ2v) is 4.51. The fourth-order valence-corrected chi connectivity index (χ4v) is 1.84. The Balaban J connectivity index is 1.75. The van der Waals surface area contributed by atoms with Gasteiger partial charge in [-0.05, 0) is 19.1 Å². The molecule has 0 amide bonds. The number of nitrogens with zero attached hydrogens (tertiary/aromatic N) is 5. The zero-order valence-corrected chi connectivity index (χ0v) is 12.1. The van der Waals surface area contributed by atoms with E-state index in [0.29, 0.717) is 23.4 Å². The zero-order chi connectivity index (χ0) is 15.4. The van der Waals surface area contributed by atoms with E-state index in [1.54, 1.807) is 25.6 Å². The average molecular weight is 298 g/mol. The van der Waals surface area contributed by atoms with Crippen LogP contribution in [0, 0.1) is 0 Å². The maximum Gasteiger partial charge on any atom is 0.249 e. The summed E-state index contributed by atoms with van der Waals surface area (Å²) in [5.74, 6) is 2.04. The van der Waals surface area contributed by atoms with Crippen LogP contribution in [-0.4, -0.2) is 32.2 Å². The quantitative estimate of drug-likeness (QED) is 0.764. The molecule has 3 heterocycles. The van der Waals surface area contributed by atoms with Crippen LogP contribution in [0.25, 0.3) is 11.4 Å². The van der Waals surface area contributed by atoms with Crippen molar-refractivity contribution in [3.8, 4) is 17.3 Å². The Kier molecular flexibility index (Phi) is 3.90. The first-order valence-electron chi connectivity index (χ1n) is 6.63. The van der Waals surface area contributed by atoms with Gasteiger partial charge in [0.05, 0.1) is 7.11 Å². The lowest BCUT2D eigenvalue weighted by Crippen LogP contribution is -2.08. The van der Waals surface area contributed by atoms with Crippen LogP contribution in [0.4, 0.5) is 5.82 Å². The highest BCUT2D eigenvalue weighted by molar-refractivity contribution is 5.52. The van der Waals surface area contributed by atoms with Gasteiger partial charge in [0.25, 0.3) is 0 Å². The van der Waals surface area contributed by atoms with E-state index in [9.17, 15) is 0 Å². The maximum atomic E-state index is 5.28. The predicted molar refractivity (Wildman–Crippen MR) is 78.2 cm³/mol. The minimum absolute atomic E-state index is 0.211. The minimum atomic E-state index is -0.211. The van der Waals surface area contributed by atoms with E-state index >= 15 is 0 Å².